The van der Waals surface area contributed by atoms with Crippen LogP contribution in [-0.2, 0) is 6.18 Å². The van der Waals surface area contributed by atoms with Gasteiger partial charge in [0.05, 0.1) is 22.9 Å². The summed E-state index contributed by atoms with van der Waals surface area (Å²) in [5.74, 6) is 0. The van der Waals surface area contributed by atoms with Crippen molar-refractivity contribution in [2.24, 2.45) is 0 Å². The maximum Gasteiger partial charge on any atom is 0.416 e. The lowest BCUT2D eigenvalue weighted by Gasteiger charge is -2.14. The lowest BCUT2D eigenvalue weighted by Crippen LogP contribution is -2.17. The number of alkyl halides is 3. The Morgan fingerprint density at radius 3 is 2.44 bits per heavy atom. The number of halogens is 3. The zero-order valence-corrected chi connectivity index (χ0v) is 9.54. The number of nitrogens with zero attached hydrogens (tertiary/aromatic N) is 2. The Morgan fingerprint density at radius 2 is 2.00 bits per heavy atom. The van der Waals surface area contributed by atoms with Crippen molar-refractivity contribution in [2.75, 3.05) is 5.32 Å². The van der Waals surface area contributed by atoms with E-state index in [1.165, 1.54) is 6.07 Å². The molecule has 0 fully saturated rings. The van der Waals surface area contributed by atoms with Gasteiger partial charge in [-0.2, -0.15) is 23.7 Å². The molecule has 0 bridgehead atoms. The van der Waals surface area contributed by atoms with Crippen molar-refractivity contribution in [3.05, 3.63) is 29.3 Å². The number of benzene rings is 1. The molecule has 18 heavy (non-hydrogen) atoms. The Bertz CT molecular complexity index is 509. The average molecular weight is 253 g/mol. The van der Waals surface area contributed by atoms with E-state index < -0.39 is 17.8 Å². The number of nitrogens with one attached hydrogen (secondary N) is 1. The van der Waals surface area contributed by atoms with Crippen molar-refractivity contribution in [1.29, 1.82) is 10.5 Å². The van der Waals surface area contributed by atoms with E-state index in [9.17, 15) is 13.2 Å². The molecule has 0 saturated carbocycles. The van der Waals surface area contributed by atoms with Crippen LogP contribution in [0.2, 0.25) is 0 Å². The van der Waals surface area contributed by atoms with Crippen molar-refractivity contribution in [2.45, 2.75) is 25.6 Å². The zero-order chi connectivity index (χ0) is 13.8. The Morgan fingerprint density at radius 1 is 1.33 bits per heavy atom. The minimum atomic E-state index is -4.48. The summed E-state index contributed by atoms with van der Waals surface area (Å²) < 4.78 is 37.3. The summed E-state index contributed by atoms with van der Waals surface area (Å²) in [6.45, 7) is 1.76. The van der Waals surface area contributed by atoms with Gasteiger partial charge in [-0.05, 0) is 24.6 Å². The largest absolute Gasteiger partial charge is 0.416 e. The van der Waals surface area contributed by atoms with E-state index in [2.05, 4.69) is 5.32 Å². The molecule has 0 spiro atoms. The number of hydrogen-bond acceptors (Lipinski definition) is 3. The van der Waals surface area contributed by atoms with E-state index in [-0.39, 0.29) is 11.3 Å². The van der Waals surface area contributed by atoms with E-state index >= 15 is 0 Å². The van der Waals surface area contributed by atoms with Crippen LogP contribution >= 0.6 is 0 Å². The third-order valence-corrected chi connectivity index (χ3v) is 2.36. The molecule has 1 aromatic rings. The van der Waals surface area contributed by atoms with Crippen molar-refractivity contribution >= 4 is 5.69 Å². The van der Waals surface area contributed by atoms with Gasteiger partial charge in [-0.15, -0.1) is 0 Å². The lowest BCUT2D eigenvalue weighted by atomic mass is 10.1. The molecule has 1 unspecified atom stereocenters. The van der Waals surface area contributed by atoms with Crippen LogP contribution in [0, 0.1) is 22.7 Å². The van der Waals surface area contributed by atoms with Gasteiger partial charge < -0.3 is 5.32 Å². The second-order valence-electron chi connectivity index (χ2n) is 3.60. The molecule has 6 heteroatoms. The highest BCUT2D eigenvalue weighted by molar-refractivity contribution is 5.60. The van der Waals surface area contributed by atoms with Crippen LogP contribution in [0.5, 0.6) is 0 Å². The Labute approximate surface area is 102 Å². The highest BCUT2D eigenvalue weighted by atomic mass is 19.4. The Balaban J connectivity index is 3.10. The molecule has 0 heterocycles. The smallest absolute Gasteiger partial charge is 0.369 e. The SMILES string of the molecule is CCC(C#N)Nc1ccc(C(F)(F)F)cc1C#N. The maximum atomic E-state index is 12.4. The average Bonchev–Trinajstić information content (AvgIpc) is 2.34. The van der Waals surface area contributed by atoms with Gasteiger partial charge in [0.15, 0.2) is 0 Å². The van der Waals surface area contributed by atoms with Crippen LogP contribution < -0.4 is 5.32 Å². The van der Waals surface area contributed by atoms with Gasteiger partial charge in [-0.25, -0.2) is 0 Å². The van der Waals surface area contributed by atoms with Crippen molar-refractivity contribution < 1.29 is 13.2 Å². The molecule has 0 aliphatic carbocycles. The van der Waals surface area contributed by atoms with Crippen LogP contribution in [-0.4, -0.2) is 6.04 Å². The number of hydrogen-bond donors (Lipinski definition) is 1. The first kappa shape index (κ1) is 13.9. The molecule has 0 aromatic heterocycles. The first-order chi connectivity index (χ1) is 8.42. The van der Waals surface area contributed by atoms with Gasteiger partial charge in [0.1, 0.15) is 12.1 Å². The van der Waals surface area contributed by atoms with Crippen molar-refractivity contribution in [1.82, 2.24) is 0 Å². The predicted molar refractivity (Wildman–Crippen MR) is 59.5 cm³/mol. The standard InChI is InChI=1S/C12H10F3N3/c1-2-10(7-17)18-11-4-3-9(12(13,14)15)5-8(11)6-16/h3-5,10,18H,2H2,1H3. The number of anilines is 1. The quantitative estimate of drug-likeness (QED) is 0.899. The van der Waals surface area contributed by atoms with E-state index in [1.807, 2.05) is 6.07 Å². The summed E-state index contributed by atoms with van der Waals surface area (Å²) in [5, 5.41) is 20.3. The van der Waals surface area contributed by atoms with E-state index in [4.69, 9.17) is 10.5 Å². The predicted octanol–water partition coefficient (Wildman–Crippen LogP) is 3.29. The fourth-order valence-electron chi connectivity index (χ4n) is 1.35. The molecule has 0 aliphatic heterocycles. The molecule has 1 aromatic carbocycles. The molecule has 0 saturated heterocycles. The molecule has 0 radical (unpaired) electrons. The van der Waals surface area contributed by atoms with Crippen LogP contribution in [0.1, 0.15) is 24.5 Å². The summed E-state index contributed by atoms with van der Waals surface area (Å²) in [6, 6.07) is 5.93. The minimum Gasteiger partial charge on any atom is -0.369 e. The van der Waals surface area contributed by atoms with Crippen LogP contribution in [0.15, 0.2) is 18.2 Å². The second kappa shape index (κ2) is 5.42. The van der Waals surface area contributed by atoms with Gasteiger partial charge in [-0.1, -0.05) is 6.92 Å². The first-order valence-electron chi connectivity index (χ1n) is 5.19. The molecule has 0 amide bonds. The molecule has 94 valence electrons. The monoisotopic (exact) mass is 253 g/mol. The minimum absolute atomic E-state index is 0.126. The molecular formula is C12H10F3N3. The Kier molecular flexibility index (Phi) is 4.17. The van der Waals surface area contributed by atoms with Gasteiger partial charge in [0.25, 0.3) is 0 Å². The van der Waals surface area contributed by atoms with E-state index in [0.717, 1.165) is 12.1 Å². The maximum absolute atomic E-state index is 12.4. The first-order valence-corrected chi connectivity index (χ1v) is 5.19. The van der Waals surface area contributed by atoms with Crippen LogP contribution in [0.25, 0.3) is 0 Å². The number of nitriles is 2. The van der Waals surface area contributed by atoms with Crippen molar-refractivity contribution in [3.8, 4) is 12.1 Å². The number of rotatable bonds is 3. The molecular weight excluding hydrogens is 243 g/mol. The van der Waals surface area contributed by atoms with Gasteiger partial charge in [0.2, 0.25) is 0 Å². The molecule has 3 nitrogen and oxygen atoms in total. The van der Waals surface area contributed by atoms with E-state index in [0.29, 0.717) is 6.42 Å². The summed E-state index contributed by atoms with van der Waals surface area (Å²) in [4.78, 5) is 0. The molecule has 0 aliphatic rings. The molecule has 1 atom stereocenters. The van der Waals surface area contributed by atoms with Crippen molar-refractivity contribution in [3.63, 3.8) is 0 Å². The molecule has 1 rings (SSSR count). The second-order valence-corrected chi connectivity index (χ2v) is 3.60. The van der Waals surface area contributed by atoms with Crippen LogP contribution in [0.4, 0.5) is 18.9 Å². The third kappa shape index (κ3) is 3.14. The van der Waals surface area contributed by atoms with Gasteiger partial charge >= 0.3 is 6.18 Å². The summed E-state index contributed by atoms with van der Waals surface area (Å²) in [7, 11) is 0. The fraction of sp³-hybridized carbons (Fsp3) is 0.333. The van der Waals surface area contributed by atoms with Gasteiger partial charge in [-0.3, -0.25) is 0 Å². The van der Waals surface area contributed by atoms with E-state index in [1.54, 1.807) is 13.0 Å². The summed E-state index contributed by atoms with van der Waals surface area (Å²) in [6.07, 6.45) is -3.99. The zero-order valence-electron chi connectivity index (χ0n) is 9.54. The summed E-state index contributed by atoms with van der Waals surface area (Å²) in [5.41, 5.74) is -0.771. The highest BCUT2D eigenvalue weighted by Crippen LogP contribution is 2.31. The normalized spacial score (nSPS) is 12.3. The topological polar surface area (TPSA) is 59.6 Å². The molecule has 1 N–H and O–H groups in total. The lowest BCUT2D eigenvalue weighted by molar-refractivity contribution is -0.137. The van der Waals surface area contributed by atoms with Crippen LogP contribution in [0.3, 0.4) is 0 Å². The third-order valence-electron chi connectivity index (χ3n) is 2.36. The summed E-state index contributed by atoms with van der Waals surface area (Å²) >= 11 is 0. The van der Waals surface area contributed by atoms with Gasteiger partial charge in [0, 0.05) is 0 Å². The highest BCUT2D eigenvalue weighted by Gasteiger charge is 2.31. The Hall–Kier alpha value is -2.21. The fourth-order valence-corrected chi connectivity index (χ4v) is 1.35.